The van der Waals surface area contributed by atoms with Gasteiger partial charge >= 0.3 is 0 Å². The molecule has 5 rings (SSSR count). The Morgan fingerprint density at radius 1 is 0.929 bits per heavy atom. The summed E-state index contributed by atoms with van der Waals surface area (Å²) in [6.45, 7) is 2.33. The Balaban J connectivity index is 1.45. The molecule has 5 aromatic rings. The number of carbonyl (C=O) groups excluding carboxylic acids is 1. The van der Waals surface area contributed by atoms with Crippen LogP contribution < -0.4 is 25.7 Å². The van der Waals surface area contributed by atoms with Gasteiger partial charge in [0.05, 0.1) is 44.0 Å². The lowest BCUT2D eigenvalue weighted by Crippen LogP contribution is -2.28. The first kappa shape index (κ1) is 28.2. The van der Waals surface area contributed by atoms with E-state index in [1.807, 2.05) is 54.1 Å². The van der Waals surface area contributed by atoms with Crippen LogP contribution in [0.25, 0.3) is 5.69 Å². The molecule has 3 aromatic carbocycles. The average molecular weight is 568 g/mol. The first-order valence-corrected chi connectivity index (χ1v) is 13.2. The number of ether oxygens (including phenoxy) is 2. The van der Waals surface area contributed by atoms with Crippen molar-refractivity contribution in [3.05, 3.63) is 130 Å². The van der Waals surface area contributed by atoms with Gasteiger partial charge in [-0.15, -0.1) is 0 Å². The van der Waals surface area contributed by atoms with Crippen molar-refractivity contribution >= 4 is 17.3 Å². The molecule has 0 fully saturated rings. The topological polar surface area (TPSA) is 99.4 Å². The van der Waals surface area contributed by atoms with Crippen molar-refractivity contribution < 1.29 is 18.7 Å². The summed E-state index contributed by atoms with van der Waals surface area (Å²) in [6, 6.07) is 20.2. The third-order valence-electron chi connectivity index (χ3n) is 6.68. The summed E-state index contributed by atoms with van der Waals surface area (Å²) in [7, 11) is 3.16. The van der Waals surface area contributed by atoms with E-state index in [1.165, 1.54) is 29.0 Å². The number of aryl methyl sites for hydroxylation is 1. The van der Waals surface area contributed by atoms with Crippen LogP contribution in [0.5, 0.6) is 11.5 Å². The van der Waals surface area contributed by atoms with E-state index < -0.39 is 0 Å². The van der Waals surface area contributed by atoms with Gasteiger partial charge in [-0.25, -0.2) is 9.37 Å². The van der Waals surface area contributed by atoms with Crippen molar-refractivity contribution in [1.82, 2.24) is 19.4 Å². The number of amides is 1. The zero-order chi connectivity index (χ0) is 29.6. The van der Waals surface area contributed by atoms with Crippen LogP contribution >= 0.6 is 0 Å². The number of aromatic nitrogens is 3. The number of nitrogens with zero attached hydrogens (tertiary/aromatic N) is 3. The molecule has 0 aliphatic rings. The van der Waals surface area contributed by atoms with E-state index in [0.717, 1.165) is 22.7 Å². The van der Waals surface area contributed by atoms with Crippen LogP contribution in [0.4, 0.5) is 15.8 Å². The molecule has 0 radical (unpaired) electrons. The maximum Gasteiger partial charge on any atom is 0.274 e. The Kier molecular flexibility index (Phi) is 8.33. The Bertz CT molecular complexity index is 1760. The maximum absolute atomic E-state index is 13.5. The molecule has 42 heavy (non-hydrogen) atoms. The third kappa shape index (κ3) is 6.49. The Hall–Kier alpha value is -5.38. The number of anilines is 2. The Morgan fingerprint density at radius 2 is 1.67 bits per heavy atom. The summed E-state index contributed by atoms with van der Waals surface area (Å²) in [6.07, 6.45) is 5.08. The molecule has 0 aliphatic heterocycles. The van der Waals surface area contributed by atoms with Gasteiger partial charge in [0.15, 0.2) is 0 Å². The van der Waals surface area contributed by atoms with Crippen molar-refractivity contribution in [2.45, 2.75) is 20.0 Å². The number of hydrogen-bond acceptors (Lipinski definition) is 6. The van der Waals surface area contributed by atoms with Gasteiger partial charge in [0, 0.05) is 30.7 Å². The quantitative estimate of drug-likeness (QED) is 0.240. The number of nitrogens with one attached hydrogen (secondary N) is 2. The highest BCUT2D eigenvalue weighted by molar-refractivity contribution is 5.95. The number of halogens is 1. The summed E-state index contributed by atoms with van der Waals surface area (Å²) in [5.74, 6) is 0.560. The number of hydrogen-bond donors (Lipinski definition) is 2. The van der Waals surface area contributed by atoms with Gasteiger partial charge in [-0.2, -0.15) is 0 Å². The standard InChI is InChI=1S/C32H30FN5O4/c1-21-17-38(20-35-21)29-13-10-26(15-30(29)42-3)36-28-14-24(31(39)34-16-22-6-11-27(41-2)12-7-22)19-37(32(28)40)18-23-4-8-25(33)9-5-23/h4-15,17,19-20,36H,16,18H2,1-3H3,(H,34,39). The van der Waals surface area contributed by atoms with E-state index in [1.54, 1.807) is 38.7 Å². The zero-order valence-corrected chi connectivity index (χ0v) is 23.4. The van der Waals surface area contributed by atoms with Crippen LogP contribution in [0.1, 0.15) is 27.2 Å². The number of benzene rings is 3. The fraction of sp³-hybridized carbons (Fsp3) is 0.156. The minimum Gasteiger partial charge on any atom is -0.497 e. The molecule has 1 amide bonds. The molecule has 0 saturated heterocycles. The normalized spacial score (nSPS) is 10.8. The van der Waals surface area contributed by atoms with Gasteiger partial charge in [-0.1, -0.05) is 24.3 Å². The predicted molar refractivity (Wildman–Crippen MR) is 159 cm³/mol. The van der Waals surface area contributed by atoms with Crippen molar-refractivity contribution in [3.8, 4) is 17.2 Å². The second-order valence-electron chi connectivity index (χ2n) is 9.67. The molecule has 0 atom stereocenters. The number of carbonyl (C=O) groups is 1. The van der Waals surface area contributed by atoms with Crippen LogP contribution in [0.2, 0.25) is 0 Å². The molecule has 0 spiro atoms. The fourth-order valence-corrected chi connectivity index (χ4v) is 4.46. The van der Waals surface area contributed by atoms with Crippen LogP contribution in [0.3, 0.4) is 0 Å². The van der Waals surface area contributed by atoms with Crippen LogP contribution in [0, 0.1) is 12.7 Å². The summed E-state index contributed by atoms with van der Waals surface area (Å²) >= 11 is 0. The fourth-order valence-electron chi connectivity index (χ4n) is 4.46. The smallest absolute Gasteiger partial charge is 0.274 e. The van der Waals surface area contributed by atoms with Crippen molar-refractivity contribution in [2.75, 3.05) is 19.5 Å². The second kappa shape index (κ2) is 12.4. The maximum atomic E-state index is 13.5. The van der Waals surface area contributed by atoms with Crippen LogP contribution in [0.15, 0.2) is 96.3 Å². The lowest BCUT2D eigenvalue weighted by Gasteiger charge is -2.15. The highest BCUT2D eigenvalue weighted by Crippen LogP contribution is 2.28. The third-order valence-corrected chi connectivity index (χ3v) is 6.68. The molecule has 9 nitrogen and oxygen atoms in total. The van der Waals surface area contributed by atoms with Crippen molar-refractivity contribution in [3.63, 3.8) is 0 Å². The van der Waals surface area contributed by atoms with Gasteiger partial charge in [0.2, 0.25) is 0 Å². The first-order valence-electron chi connectivity index (χ1n) is 13.2. The summed E-state index contributed by atoms with van der Waals surface area (Å²) < 4.78 is 27.6. The Morgan fingerprint density at radius 3 is 2.33 bits per heavy atom. The van der Waals surface area contributed by atoms with E-state index in [0.29, 0.717) is 17.0 Å². The molecule has 0 bridgehead atoms. The summed E-state index contributed by atoms with van der Waals surface area (Å²) in [4.78, 5) is 31.1. The van der Waals surface area contributed by atoms with Gasteiger partial charge < -0.3 is 29.2 Å². The summed E-state index contributed by atoms with van der Waals surface area (Å²) in [5.41, 5.74) is 3.97. The molecular weight excluding hydrogens is 537 g/mol. The highest BCUT2D eigenvalue weighted by Gasteiger charge is 2.15. The van der Waals surface area contributed by atoms with E-state index in [4.69, 9.17) is 9.47 Å². The molecular formula is C32H30FN5O4. The number of imidazole rings is 1. The lowest BCUT2D eigenvalue weighted by atomic mass is 10.1. The second-order valence-corrected chi connectivity index (χ2v) is 9.67. The minimum atomic E-state index is -0.372. The highest BCUT2D eigenvalue weighted by atomic mass is 19.1. The van der Waals surface area contributed by atoms with Gasteiger partial charge in [0.1, 0.15) is 23.0 Å². The zero-order valence-electron chi connectivity index (χ0n) is 23.4. The monoisotopic (exact) mass is 567 g/mol. The molecule has 10 heteroatoms. The van der Waals surface area contributed by atoms with Gasteiger partial charge in [-0.3, -0.25) is 9.59 Å². The minimum absolute atomic E-state index is 0.148. The van der Waals surface area contributed by atoms with Gasteiger partial charge in [0.25, 0.3) is 11.5 Å². The van der Waals surface area contributed by atoms with Crippen molar-refractivity contribution in [1.29, 1.82) is 0 Å². The largest absolute Gasteiger partial charge is 0.497 e. The first-order chi connectivity index (χ1) is 20.3. The molecule has 0 unspecified atom stereocenters. The molecule has 214 valence electrons. The molecule has 2 aromatic heterocycles. The number of methoxy groups -OCH3 is 2. The van der Waals surface area contributed by atoms with Gasteiger partial charge in [-0.05, 0) is 60.5 Å². The van der Waals surface area contributed by atoms with E-state index >= 15 is 0 Å². The molecule has 0 saturated carbocycles. The van der Waals surface area contributed by atoms with Crippen molar-refractivity contribution in [2.24, 2.45) is 0 Å². The van der Waals surface area contributed by atoms with E-state index in [2.05, 4.69) is 15.6 Å². The average Bonchev–Trinajstić information content (AvgIpc) is 3.44. The summed E-state index contributed by atoms with van der Waals surface area (Å²) in [5, 5.41) is 6.06. The Labute approximate surface area is 242 Å². The number of pyridine rings is 1. The molecule has 2 N–H and O–H groups in total. The SMILES string of the molecule is COc1ccc(CNC(=O)c2cc(Nc3ccc(-n4cnc(C)c4)c(OC)c3)c(=O)n(Cc3ccc(F)cc3)c2)cc1. The predicted octanol–water partition coefficient (Wildman–Crippen LogP) is 5.22. The van der Waals surface area contributed by atoms with E-state index in [-0.39, 0.29) is 41.6 Å². The van der Waals surface area contributed by atoms with Crippen LogP contribution in [-0.2, 0) is 13.1 Å². The lowest BCUT2D eigenvalue weighted by molar-refractivity contribution is 0.0950. The molecule has 2 heterocycles. The van der Waals surface area contributed by atoms with Crippen LogP contribution in [-0.4, -0.2) is 34.2 Å². The molecule has 0 aliphatic carbocycles. The van der Waals surface area contributed by atoms with E-state index in [9.17, 15) is 14.0 Å². The number of rotatable bonds is 10.